The van der Waals surface area contributed by atoms with Crippen LogP contribution in [0.5, 0.6) is 0 Å². The Hall–Kier alpha value is -1.62. The summed E-state index contributed by atoms with van der Waals surface area (Å²) in [5, 5.41) is 0. The fourth-order valence-electron chi connectivity index (χ4n) is 1.48. The monoisotopic (exact) mass is 264 g/mol. The smallest absolute Gasteiger partial charge is 0.254 e. The molecule has 0 bridgehead atoms. The van der Waals surface area contributed by atoms with Gasteiger partial charge in [-0.15, -0.1) is 11.8 Å². The van der Waals surface area contributed by atoms with E-state index in [0.717, 1.165) is 0 Å². The minimum absolute atomic E-state index is 0.133. The van der Waals surface area contributed by atoms with Gasteiger partial charge in [0.2, 0.25) is 0 Å². The van der Waals surface area contributed by atoms with Gasteiger partial charge in [0.1, 0.15) is 11.6 Å². The molecule has 0 amide bonds. The first-order valence-electron chi connectivity index (χ1n) is 5.51. The lowest BCUT2D eigenvalue weighted by atomic mass is 10.3. The van der Waals surface area contributed by atoms with Gasteiger partial charge in [-0.05, 0) is 26.0 Å². The number of rotatable bonds is 3. The first-order chi connectivity index (χ1) is 8.58. The van der Waals surface area contributed by atoms with Crippen molar-refractivity contribution in [1.82, 2.24) is 9.97 Å². The van der Waals surface area contributed by atoms with E-state index in [2.05, 4.69) is 9.97 Å². The number of nitrogens with one attached hydrogen (secondary N) is 1. The van der Waals surface area contributed by atoms with Crippen LogP contribution in [0.2, 0.25) is 0 Å². The lowest BCUT2D eigenvalue weighted by Crippen LogP contribution is -2.15. The molecule has 0 atom stereocenters. The number of benzene rings is 1. The third-order valence-electron chi connectivity index (χ3n) is 2.64. The second-order valence-electron chi connectivity index (χ2n) is 3.94. The van der Waals surface area contributed by atoms with E-state index in [-0.39, 0.29) is 11.4 Å². The average Bonchev–Trinajstić information content (AvgIpc) is 2.35. The maximum Gasteiger partial charge on any atom is 0.254 e. The molecule has 94 valence electrons. The van der Waals surface area contributed by atoms with Crippen molar-refractivity contribution in [3.05, 3.63) is 57.5 Å². The Bertz CT molecular complexity index is 625. The molecule has 0 unspecified atom stereocenters. The van der Waals surface area contributed by atoms with Gasteiger partial charge < -0.3 is 4.98 Å². The van der Waals surface area contributed by atoms with Gasteiger partial charge in [-0.25, -0.2) is 9.37 Å². The molecule has 18 heavy (non-hydrogen) atoms. The van der Waals surface area contributed by atoms with E-state index < -0.39 is 0 Å². The Kier molecular flexibility index (Phi) is 3.81. The number of halogens is 1. The lowest BCUT2D eigenvalue weighted by Gasteiger charge is -2.05. The molecule has 2 rings (SSSR count). The van der Waals surface area contributed by atoms with Gasteiger partial charge >= 0.3 is 0 Å². The van der Waals surface area contributed by atoms with Crippen molar-refractivity contribution in [2.24, 2.45) is 0 Å². The summed E-state index contributed by atoms with van der Waals surface area (Å²) >= 11 is 1.32. The fraction of sp³-hybridized carbons (Fsp3) is 0.231. The molecular weight excluding hydrogens is 251 g/mol. The zero-order chi connectivity index (χ0) is 13.1. The maximum absolute atomic E-state index is 13.4. The van der Waals surface area contributed by atoms with Crippen LogP contribution in [-0.4, -0.2) is 9.97 Å². The normalized spacial score (nSPS) is 10.6. The second-order valence-corrected chi connectivity index (χ2v) is 4.96. The fourth-order valence-corrected chi connectivity index (χ4v) is 2.29. The first-order valence-corrected chi connectivity index (χ1v) is 6.50. The first kappa shape index (κ1) is 12.8. The van der Waals surface area contributed by atoms with Crippen molar-refractivity contribution in [3.8, 4) is 0 Å². The molecule has 0 aliphatic carbocycles. The topological polar surface area (TPSA) is 45.8 Å². The van der Waals surface area contributed by atoms with Gasteiger partial charge in [-0.2, -0.15) is 0 Å². The minimum atomic E-state index is -0.256. The van der Waals surface area contributed by atoms with Gasteiger partial charge in [0.05, 0.1) is 5.75 Å². The van der Waals surface area contributed by atoms with Crippen molar-refractivity contribution in [1.29, 1.82) is 0 Å². The molecule has 1 aromatic carbocycles. The molecule has 1 aromatic heterocycles. The summed E-state index contributed by atoms with van der Waals surface area (Å²) in [5.74, 6) is 0.752. The highest BCUT2D eigenvalue weighted by molar-refractivity contribution is 7.98. The Labute approximate surface area is 108 Å². The maximum atomic E-state index is 13.4. The van der Waals surface area contributed by atoms with E-state index in [0.29, 0.717) is 27.7 Å². The van der Waals surface area contributed by atoms with Crippen LogP contribution in [0.3, 0.4) is 0 Å². The van der Waals surface area contributed by atoms with Gasteiger partial charge in [0.15, 0.2) is 0 Å². The third kappa shape index (κ3) is 2.79. The molecular formula is C13H13FN2OS. The molecule has 1 heterocycles. The Morgan fingerprint density at radius 1 is 1.33 bits per heavy atom. The summed E-state index contributed by atoms with van der Waals surface area (Å²) in [7, 11) is 0. The molecule has 1 N–H and O–H groups in total. The van der Waals surface area contributed by atoms with Crippen LogP contribution in [0.4, 0.5) is 4.39 Å². The van der Waals surface area contributed by atoms with Crippen LogP contribution < -0.4 is 5.56 Å². The zero-order valence-electron chi connectivity index (χ0n) is 10.2. The Morgan fingerprint density at radius 2 is 2.06 bits per heavy atom. The van der Waals surface area contributed by atoms with E-state index >= 15 is 0 Å². The highest BCUT2D eigenvalue weighted by Crippen LogP contribution is 2.23. The summed E-state index contributed by atoms with van der Waals surface area (Å²) in [6.07, 6.45) is 0. The van der Waals surface area contributed by atoms with E-state index in [4.69, 9.17) is 0 Å². The zero-order valence-corrected chi connectivity index (χ0v) is 11.0. The van der Waals surface area contributed by atoms with Crippen LogP contribution in [-0.2, 0) is 5.75 Å². The Balaban J connectivity index is 2.17. The summed E-state index contributed by atoms with van der Waals surface area (Å²) < 4.78 is 13.4. The average molecular weight is 264 g/mol. The molecule has 2 aromatic rings. The van der Waals surface area contributed by atoms with Gasteiger partial charge in [0, 0.05) is 16.2 Å². The largest absolute Gasteiger partial charge is 0.310 e. The van der Waals surface area contributed by atoms with Crippen molar-refractivity contribution < 1.29 is 4.39 Å². The number of thioether (sulfide) groups is 1. The molecule has 0 fully saturated rings. The number of aryl methyl sites for hydroxylation is 1. The van der Waals surface area contributed by atoms with Gasteiger partial charge in [-0.3, -0.25) is 4.79 Å². The summed E-state index contributed by atoms with van der Waals surface area (Å²) in [5.41, 5.74) is 1.20. The summed E-state index contributed by atoms with van der Waals surface area (Å²) in [6, 6.07) is 6.55. The molecule has 0 aliphatic rings. The SMILES string of the molecule is Cc1nc(CSc2ccccc2F)[nH]c(=O)c1C. The van der Waals surface area contributed by atoms with Crippen LogP contribution in [0.15, 0.2) is 34.0 Å². The third-order valence-corrected chi connectivity index (χ3v) is 3.70. The second kappa shape index (κ2) is 5.35. The Morgan fingerprint density at radius 3 is 2.72 bits per heavy atom. The van der Waals surface area contributed by atoms with E-state index in [1.54, 1.807) is 32.0 Å². The standard InChI is InChI=1S/C13H13FN2OS/c1-8-9(2)15-12(16-13(8)17)7-18-11-6-4-3-5-10(11)14/h3-6H,7H2,1-2H3,(H,15,16,17). The minimum Gasteiger partial charge on any atom is -0.310 e. The van der Waals surface area contributed by atoms with Crippen LogP contribution in [0.1, 0.15) is 17.1 Å². The van der Waals surface area contributed by atoms with Crippen molar-refractivity contribution in [2.45, 2.75) is 24.5 Å². The predicted molar refractivity (Wildman–Crippen MR) is 70.3 cm³/mol. The van der Waals surface area contributed by atoms with E-state index in [1.165, 1.54) is 17.8 Å². The molecule has 0 aliphatic heterocycles. The van der Waals surface area contributed by atoms with Gasteiger partial charge in [0.25, 0.3) is 5.56 Å². The molecule has 3 nitrogen and oxygen atoms in total. The van der Waals surface area contributed by atoms with E-state index in [1.807, 2.05) is 0 Å². The van der Waals surface area contributed by atoms with Crippen LogP contribution in [0, 0.1) is 19.7 Å². The summed E-state index contributed by atoms with van der Waals surface area (Å²) in [6.45, 7) is 3.52. The number of hydrogen-bond donors (Lipinski definition) is 1. The predicted octanol–water partition coefficient (Wildman–Crippen LogP) is 2.82. The molecule has 0 saturated heterocycles. The van der Waals surface area contributed by atoms with Crippen molar-refractivity contribution in [2.75, 3.05) is 0 Å². The number of aromatic amines is 1. The molecule has 0 radical (unpaired) electrons. The molecule has 0 spiro atoms. The quantitative estimate of drug-likeness (QED) is 0.867. The lowest BCUT2D eigenvalue weighted by molar-refractivity contribution is 0.602. The van der Waals surface area contributed by atoms with Crippen LogP contribution >= 0.6 is 11.8 Å². The molecule has 5 heteroatoms. The van der Waals surface area contributed by atoms with Crippen molar-refractivity contribution in [3.63, 3.8) is 0 Å². The number of nitrogens with zero attached hydrogens (tertiary/aromatic N) is 1. The number of H-pyrrole nitrogens is 1. The highest BCUT2D eigenvalue weighted by atomic mass is 32.2. The van der Waals surface area contributed by atoms with E-state index in [9.17, 15) is 9.18 Å². The highest BCUT2D eigenvalue weighted by Gasteiger charge is 2.06. The number of hydrogen-bond acceptors (Lipinski definition) is 3. The van der Waals surface area contributed by atoms with Crippen LogP contribution in [0.25, 0.3) is 0 Å². The molecule has 0 saturated carbocycles. The number of aromatic nitrogens is 2. The summed E-state index contributed by atoms with van der Waals surface area (Å²) in [4.78, 5) is 19.1. The van der Waals surface area contributed by atoms with Crippen molar-refractivity contribution >= 4 is 11.8 Å². The van der Waals surface area contributed by atoms with Gasteiger partial charge in [-0.1, -0.05) is 12.1 Å².